The van der Waals surface area contributed by atoms with E-state index in [-0.39, 0.29) is 11.0 Å². The number of nitriles is 1. The van der Waals surface area contributed by atoms with Gasteiger partial charge in [-0.15, -0.1) is 0 Å². The van der Waals surface area contributed by atoms with Gasteiger partial charge in [-0.25, -0.2) is 0 Å². The van der Waals surface area contributed by atoms with E-state index in [2.05, 4.69) is 43.1 Å². The molecule has 2 heterocycles. The topological polar surface area (TPSA) is 39.1 Å². The van der Waals surface area contributed by atoms with Crippen molar-refractivity contribution in [2.24, 2.45) is 0 Å². The van der Waals surface area contributed by atoms with Crippen molar-refractivity contribution in [3.8, 4) is 6.07 Å². The van der Waals surface area contributed by atoms with Gasteiger partial charge in [0.25, 0.3) is 0 Å². The van der Waals surface area contributed by atoms with Crippen LogP contribution in [0.4, 0.5) is 5.69 Å². The molecule has 1 aromatic carbocycles. The van der Waals surface area contributed by atoms with Crippen molar-refractivity contribution in [2.45, 2.75) is 44.6 Å². The third kappa shape index (κ3) is 2.22. The summed E-state index contributed by atoms with van der Waals surface area (Å²) in [7, 11) is 0. The molecule has 0 unspecified atom stereocenters. The van der Waals surface area contributed by atoms with Crippen molar-refractivity contribution < 1.29 is 0 Å². The van der Waals surface area contributed by atoms with Gasteiger partial charge in [0.15, 0.2) is 0 Å². The lowest BCUT2D eigenvalue weighted by Crippen LogP contribution is -2.47. The van der Waals surface area contributed by atoms with Gasteiger partial charge in [0.2, 0.25) is 0 Å². The molecule has 112 valence electrons. The maximum absolute atomic E-state index is 9.62. The van der Waals surface area contributed by atoms with E-state index in [0.717, 1.165) is 32.5 Å². The van der Waals surface area contributed by atoms with Crippen LogP contribution in [0.25, 0.3) is 0 Å². The first-order valence-electron chi connectivity index (χ1n) is 7.60. The SMILES string of the molecule is CC(C)(C)N1CC2(CCNCC2)c2c1ccc(Cl)c2C#N. The van der Waals surface area contributed by atoms with Crippen molar-refractivity contribution in [1.82, 2.24) is 5.32 Å². The van der Waals surface area contributed by atoms with E-state index >= 15 is 0 Å². The number of rotatable bonds is 0. The third-order valence-electron chi connectivity index (χ3n) is 4.90. The monoisotopic (exact) mass is 303 g/mol. The number of nitrogens with zero attached hydrogens (tertiary/aromatic N) is 2. The fourth-order valence-corrected chi connectivity index (χ4v) is 4.02. The number of piperidine rings is 1. The Morgan fingerprint density at radius 1 is 1.29 bits per heavy atom. The van der Waals surface area contributed by atoms with Gasteiger partial charge in [-0.05, 0) is 58.8 Å². The first-order chi connectivity index (χ1) is 9.89. The van der Waals surface area contributed by atoms with E-state index < -0.39 is 0 Å². The van der Waals surface area contributed by atoms with Crippen molar-refractivity contribution in [3.63, 3.8) is 0 Å². The van der Waals surface area contributed by atoms with Crippen LogP contribution in [0.2, 0.25) is 5.02 Å². The van der Waals surface area contributed by atoms with E-state index in [1.807, 2.05) is 6.07 Å². The zero-order valence-corrected chi connectivity index (χ0v) is 13.7. The van der Waals surface area contributed by atoms with Crippen LogP contribution in [-0.2, 0) is 5.41 Å². The van der Waals surface area contributed by atoms with Gasteiger partial charge in [-0.1, -0.05) is 11.6 Å². The fourth-order valence-electron chi connectivity index (χ4n) is 3.82. The number of nitrogens with one attached hydrogen (secondary N) is 1. The molecule has 2 aliphatic heterocycles. The molecule has 0 aromatic heterocycles. The summed E-state index contributed by atoms with van der Waals surface area (Å²) in [5.74, 6) is 0. The lowest BCUT2D eigenvalue weighted by atomic mass is 9.73. The Kier molecular flexibility index (Phi) is 3.43. The highest BCUT2D eigenvalue weighted by Gasteiger charge is 2.47. The lowest BCUT2D eigenvalue weighted by Gasteiger charge is -2.39. The van der Waals surface area contributed by atoms with Crippen LogP contribution < -0.4 is 10.2 Å². The highest BCUT2D eigenvalue weighted by Crippen LogP contribution is 2.51. The molecule has 1 N–H and O–H groups in total. The first kappa shape index (κ1) is 14.7. The van der Waals surface area contributed by atoms with Crippen LogP contribution in [0.5, 0.6) is 0 Å². The number of hydrogen-bond acceptors (Lipinski definition) is 3. The predicted octanol–water partition coefficient (Wildman–Crippen LogP) is 3.45. The highest BCUT2D eigenvalue weighted by atomic mass is 35.5. The summed E-state index contributed by atoms with van der Waals surface area (Å²) < 4.78 is 0. The van der Waals surface area contributed by atoms with E-state index in [1.54, 1.807) is 0 Å². The largest absolute Gasteiger partial charge is 0.366 e. The average Bonchev–Trinajstić information content (AvgIpc) is 2.75. The quantitative estimate of drug-likeness (QED) is 0.798. The molecule has 0 saturated carbocycles. The number of benzene rings is 1. The Morgan fingerprint density at radius 3 is 2.52 bits per heavy atom. The van der Waals surface area contributed by atoms with Crippen LogP contribution in [0, 0.1) is 11.3 Å². The molecule has 1 spiro atoms. The van der Waals surface area contributed by atoms with E-state index in [9.17, 15) is 5.26 Å². The zero-order chi connectivity index (χ0) is 15.3. The van der Waals surface area contributed by atoms with Crippen molar-refractivity contribution in [1.29, 1.82) is 5.26 Å². The summed E-state index contributed by atoms with van der Waals surface area (Å²) >= 11 is 6.32. The minimum absolute atomic E-state index is 0.0453. The Hall–Kier alpha value is -1.24. The molecule has 2 aliphatic rings. The normalized spacial score (nSPS) is 20.4. The third-order valence-corrected chi connectivity index (χ3v) is 5.21. The second-order valence-corrected chi connectivity index (χ2v) is 7.62. The number of hydrogen-bond donors (Lipinski definition) is 1. The van der Waals surface area contributed by atoms with Gasteiger partial charge in [0.05, 0.1) is 10.6 Å². The van der Waals surface area contributed by atoms with Crippen LogP contribution in [0.15, 0.2) is 12.1 Å². The Bertz CT molecular complexity index is 604. The molecule has 1 aromatic rings. The summed E-state index contributed by atoms with van der Waals surface area (Å²) in [5.41, 5.74) is 3.19. The molecule has 0 atom stereocenters. The Labute approximate surface area is 131 Å². The van der Waals surface area contributed by atoms with Crippen molar-refractivity contribution in [2.75, 3.05) is 24.5 Å². The van der Waals surface area contributed by atoms with Crippen LogP contribution in [0.1, 0.15) is 44.7 Å². The van der Waals surface area contributed by atoms with Crippen LogP contribution in [-0.4, -0.2) is 25.2 Å². The van der Waals surface area contributed by atoms with Gasteiger partial charge in [0.1, 0.15) is 6.07 Å². The molecule has 3 rings (SSSR count). The first-order valence-corrected chi connectivity index (χ1v) is 7.98. The number of anilines is 1. The molecule has 0 bridgehead atoms. The van der Waals surface area contributed by atoms with Gasteiger partial charge in [-0.3, -0.25) is 0 Å². The fraction of sp³-hybridized carbons (Fsp3) is 0.588. The van der Waals surface area contributed by atoms with Gasteiger partial charge < -0.3 is 10.2 Å². The summed E-state index contributed by atoms with van der Waals surface area (Å²) in [6, 6.07) is 6.33. The second-order valence-electron chi connectivity index (χ2n) is 7.22. The molecule has 0 aliphatic carbocycles. The number of fused-ring (bicyclic) bond motifs is 2. The average molecular weight is 304 g/mol. The second kappa shape index (κ2) is 4.90. The molecular formula is C17H22ClN3. The smallest absolute Gasteiger partial charge is 0.101 e. The summed E-state index contributed by atoms with van der Waals surface area (Å²) in [6.07, 6.45) is 2.14. The van der Waals surface area contributed by atoms with Crippen LogP contribution >= 0.6 is 11.6 Å². The van der Waals surface area contributed by atoms with E-state index in [1.165, 1.54) is 11.3 Å². The molecular weight excluding hydrogens is 282 g/mol. The molecule has 4 heteroatoms. The van der Waals surface area contributed by atoms with Crippen molar-refractivity contribution in [3.05, 3.63) is 28.3 Å². The van der Waals surface area contributed by atoms with E-state index in [0.29, 0.717) is 10.6 Å². The van der Waals surface area contributed by atoms with Gasteiger partial charge in [-0.2, -0.15) is 5.26 Å². The highest BCUT2D eigenvalue weighted by molar-refractivity contribution is 6.32. The van der Waals surface area contributed by atoms with Crippen LogP contribution in [0.3, 0.4) is 0 Å². The Balaban J connectivity index is 2.23. The maximum atomic E-state index is 9.62. The molecule has 21 heavy (non-hydrogen) atoms. The number of halogens is 1. The molecule has 3 nitrogen and oxygen atoms in total. The Morgan fingerprint density at radius 2 is 1.95 bits per heavy atom. The summed E-state index contributed by atoms with van der Waals surface area (Å²) in [4.78, 5) is 2.45. The minimum atomic E-state index is 0.0453. The van der Waals surface area contributed by atoms with Crippen molar-refractivity contribution >= 4 is 17.3 Å². The van der Waals surface area contributed by atoms with Gasteiger partial charge in [0, 0.05) is 28.7 Å². The summed E-state index contributed by atoms with van der Waals surface area (Å²) in [5, 5.41) is 13.6. The summed E-state index contributed by atoms with van der Waals surface area (Å²) in [6.45, 7) is 9.71. The standard InChI is InChI=1S/C17H22ClN3/c1-16(2,3)21-11-17(6-8-20-9-7-17)15-12(10-19)13(18)4-5-14(15)21/h4-5,20H,6-9,11H2,1-3H3. The minimum Gasteiger partial charge on any atom is -0.366 e. The van der Waals surface area contributed by atoms with E-state index in [4.69, 9.17) is 11.6 Å². The molecule has 1 fully saturated rings. The zero-order valence-electron chi connectivity index (χ0n) is 13.0. The molecule has 1 saturated heterocycles. The molecule has 0 amide bonds. The predicted molar refractivity (Wildman–Crippen MR) is 87.0 cm³/mol. The molecule has 0 radical (unpaired) electrons. The maximum Gasteiger partial charge on any atom is 0.101 e. The lowest BCUT2D eigenvalue weighted by molar-refractivity contribution is 0.312. The van der Waals surface area contributed by atoms with Gasteiger partial charge >= 0.3 is 0 Å².